The summed E-state index contributed by atoms with van der Waals surface area (Å²) in [6.45, 7) is 1.17. The van der Waals surface area contributed by atoms with Crippen LogP contribution in [0.5, 0.6) is 0 Å². The van der Waals surface area contributed by atoms with E-state index in [-0.39, 0.29) is 11.9 Å². The molecule has 0 fully saturated rings. The molecule has 12 heteroatoms. The van der Waals surface area contributed by atoms with E-state index in [0.29, 0.717) is 34.5 Å². The van der Waals surface area contributed by atoms with Gasteiger partial charge in [-0.2, -0.15) is 9.98 Å². The molecule has 8 N–H and O–H groups in total. The summed E-state index contributed by atoms with van der Waals surface area (Å²) in [4.78, 5) is 31.2. The number of hydrogen-bond donors (Lipinski definition) is 6. The average Bonchev–Trinajstić information content (AvgIpc) is 2.75. The number of aliphatic imine (C=N–C) groups is 2. The molecular weight excluding hydrogens is 479 g/mol. The fourth-order valence-electron chi connectivity index (χ4n) is 2.77. The molecular formula is C22H28Cl2N8O2. The number of hydrogen-bond acceptors (Lipinski definition) is 2. The highest BCUT2D eigenvalue weighted by atomic mass is 35.5. The zero-order chi connectivity index (χ0) is 24.8. The Labute approximate surface area is 208 Å². The van der Waals surface area contributed by atoms with E-state index < -0.39 is 12.1 Å². The van der Waals surface area contributed by atoms with E-state index in [9.17, 15) is 9.59 Å². The minimum absolute atomic E-state index is 0.0428. The van der Waals surface area contributed by atoms with Crippen molar-refractivity contribution in [1.29, 1.82) is 0 Å². The molecule has 4 amide bonds. The van der Waals surface area contributed by atoms with Gasteiger partial charge < -0.3 is 32.7 Å². The number of anilines is 2. The number of halogens is 2. The van der Waals surface area contributed by atoms with E-state index in [2.05, 4.69) is 31.3 Å². The Bertz CT molecular complexity index is 948. The molecule has 182 valence electrons. The number of carbonyl (C=O) groups excluding carboxylic acids is 2. The highest BCUT2D eigenvalue weighted by Gasteiger charge is 2.03. The van der Waals surface area contributed by atoms with E-state index in [1.165, 1.54) is 0 Å². The molecule has 0 aromatic heterocycles. The normalized spacial score (nSPS) is 11.6. The van der Waals surface area contributed by atoms with E-state index in [1.54, 1.807) is 48.5 Å². The van der Waals surface area contributed by atoms with Crippen LogP contribution in [0.2, 0.25) is 10.0 Å². The van der Waals surface area contributed by atoms with Gasteiger partial charge in [-0.15, -0.1) is 0 Å². The number of benzene rings is 2. The molecule has 0 spiro atoms. The van der Waals surface area contributed by atoms with Gasteiger partial charge in [-0.1, -0.05) is 48.2 Å². The molecule has 0 aliphatic heterocycles. The number of carbonyl (C=O) groups is 2. The molecule has 0 aliphatic carbocycles. The van der Waals surface area contributed by atoms with E-state index >= 15 is 0 Å². The third-order valence-electron chi connectivity index (χ3n) is 4.31. The first kappa shape index (κ1) is 26.7. The summed E-state index contributed by atoms with van der Waals surface area (Å²) in [6.07, 6.45) is 3.56. The van der Waals surface area contributed by atoms with Crippen molar-refractivity contribution in [2.75, 3.05) is 23.7 Å². The molecule has 0 bridgehead atoms. The quantitative estimate of drug-likeness (QED) is 0.170. The van der Waals surface area contributed by atoms with Crippen LogP contribution >= 0.6 is 23.2 Å². The highest BCUT2D eigenvalue weighted by molar-refractivity contribution is 6.31. The third-order valence-corrected chi connectivity index (χ3v) is 4.78. The number of guanidine groups is 2. The van der Waals surface area contributed by atoms with Gasteiger partial charge in [0.15, 0.2) is 11.9 Å². The third kappa shape index (κ3) is 11.4. The summed E-state index contributed by atoms with van der Waals surface area (Å²) in [5, 5.41) is 12.0. The van der Waals surface area contributed by atoms with Crippen LogP contribution in [0.4, 0.5) is 21.0 Å². The lowest BCUT2D eigenvalue weighted by atomic mass is 10.2. The van der Waals surface area contributed by atoms with Gasteiger partial charge in [-0.25, -0.2) is 9.59 Å². The number of unbranched alkanes of at least 4 members (excludes halogenated alkanes) is 3. The maximum absolute atomic E-state index is 11.8. The van der Waals surface area contributed by atoms with Crippen molar-refractivity contribution in [2.24, 2.45) is 21.5 Å². The molecule has 2 rings (SSSR count). The second-order valence-electron chi connectivity index (χ2n) is 7.14. The summed E-state index contributed by atoms with van der Waals surface area (Å²) in [6, 6.07) is 12.3. The predicted octanol–water partition coefficient (Wildman–Crippen LogP) is 4.13. The molecule has 2 aromatic carbocycles. The minimum atomic E-state index is -0.584. The van der Waals surface area contributed by atoms with Gasteiger partial charge in [0.05, 0.1) is 0 Å². The fraction of sp³-hybridized carbons (Fsp3) is 0.273. The lowest BCUT2D eigenvalue weighted by Crippen LogP contribution is -2.34. The fourth-order valence-corrected chi connectivity index (χ4v) is 3.15. The van der Waals surface area contributed by atoms with Crippen LogP contribution in [-0.4, -0.2) is 37.1 Å². The number of nitrogens with one attached hydrogen (secondary N) is 4. The molecule has 0 atom stereocenters. The first-order valence-electron chi connectivity index (χ1n) is 10.6. The Morgan fingerprint density at radius 2 is 1.12 bits per heavy atom. The summed E-state index contributed by atoms with van der Waals surface area (Å²) >= 11 is 11.7. The monoisotopic (exact) mass is 506 g/mol. The molecule has 0 saturated carbocycles. The van der Waals surface area contributed by atoms with E-state index in [4.69, 9.17) is 34.7 Å². The van der Waals surface area contributed by atoms with Gasteiger partial charge in [-0.05, 0) is 49.2 Å². The van der Waals surface area contributed by atoms with Gasteiger partial charge >= 0.3 is 12.1 Å². The van der Waals surface area contributed by atoms with Crippen LogP contribution in [0.3, 0.4) is 0 Å². The molecule has 34 heavy (non-hydrogen) atoms. The van der Waals surface area contributed by atoms with Crippen LogP contribution in [0.25, 0.3) is 0 Å². The first-order valence-corrected chi connectivity index (χ1v) is 11.4. The molecule has 0 saturated heterocycles. The second kappa shape index (κ2) is 14.6. The van der Waals surface area contributed by atoms with E-state index in [0.717, 1.165) is 25.7 Å². The molecule has 0 aliphatic rings. The smallest absolute Gasteiger partial charge is 0.348 e. The second-order valence-corrected chi connectivity index (χ2v) is 8.02. The van der Waals surface area contributed by atoms with Gasteiger partial charge in [0.25, 0.3) is 0 Å². The Morgan fingerprint density at radius 1 is 0.706 bits per heavy atom. The minimum Gasteiger partial charge on any atom is -0.370 e. The summed E-state index contributed by atoms with van der Waals surface area (Å²) in [7, 11) is 0. The standard InChI is InChI=1S/C22H28Cl2N8O2/c23-15-7-5-9-17(13-15)29-21(33)31-19(25)27-11-3-1-2-4-12-28-20(26)32-22(34)30-18-10-6-8-16(24)14-18/h5-10,13-14H,1-4,11-12H2,(H4,25,27,29,31,33)(H4,26,28,30,32,34). The lowest BCUT2D eigenvalue weighted by Gasteiger charge is -2.07. The first-order chi connectivity index (χ1) is 16.3. The SMILES string of the molecule is NC(=NC(=O)Nc1cccc(Cl)c1)NCCCCCCNC(N)=NC(=O)Nc1cccc(Cl)c1. The van der Waals surface area contributed by atoms with Crippen molar-refractivity contribution in [3.63, 3.8) is 0 Å². The Balaban J connectivity index is 1.53. The molecule has 0 unspecified atom stereocenters. The Hall–Kier alpha value is -3.50. The molecule has 0 radical (unpaired) electrons. The summed E-state index contributed by atoms with van der Waals surface area (Å²) in [5.74, 6) is 0.0856. The van der Waals surface area contributed by atoms with E-state index in [1.807, 2.05) is 0 Å². The van der Waals surface area contributed by atoms with Gasteiger partial charge in [0.1, 0.15) is 0 Å². The number of nitrogens with zero attached hydrogens (tertiary/aromatic N) is 2. The van der Waals surface area contributed by atoms with Crippen molar-refractivity contribution in [2.45, 2.75) is 25.7 Å². The van der Waals surface area contributed by atoms with Gasteiger partial charge in [0.2, 0.25) is 0 Å². The van der Waals surface area contributed by atoms with Crippen LogP contribution < -0.4 is 32.7 Å². The number of urea groups is 2. The van der Waals surface area contributed by atoms with Crippen LogP contribution in [0, 0.1) is 0 Å². The average molecular weight is 507 g/mol. The zero-order valence-electron chi connectivity index (χ0n) is 18.5. The van der Waals surface area contributed by atoms with Crippen LogP contribution in [-0.2, 0) is 0 Å². The predicted molar refractivity (Wildman–Crippen MR) is 139 cm³/mol. The van der Waals surface area contributed by atoms with Crippen molar-refractivity contribution >= 4 is 58.6 Å². The number of rotatable bonds is 9. The van der Waals surface area contributed by atoms with Crippen molar-refractivity contribution in [3.05, 3.63) is 58.6 Å². The molecule has 2 aromatic rings. The van der Waals surface area contributed by atoms with Crippen LogP contribution in [0.15, 0.2) is 58.5 Å². The maximum Gasteiger partial charge on any atom is 0.348 e. The lowest BCUT2D eigenvalue weighted by molar-refractivity contribution is 0.258. The summed E-state index contributed by atoms with van der Waals surface area (Å²) < 4.78 is 0. The number of amides is 4. The van der Waals surface area contributed by atoms with Crippen molar-refractivity contribution < 1.29 is 9.59 Å². The van der Waals surface area contributed by atoms with Crippen LogP contribution in [0.1, 0.15) is 25.7 Å². The zero-order valence-corrected chi connectivity index (χ0v) is 20.0. The molecule has 0 heterocycles. The van der Waals surface area contributed by atoms with Crippen molar-refractivity contribution in [3.8, 4) is 0 Å². The molecule has 10 nitrogen and oxygen atoms in total. The van der Waals surface area contributed by atoms with Gasteiger partial charge in [0, 0.05) is 34.5 Å². The highest BCUT2D eigenvalue weighted by Crippen LogP contribution is 2.15. The summed E-state index contributed by atoms with van der Waals surface area (Å²) in [5.41, 5.74) is 12.5. The topological polar surface area (TPSA) is 159 Å². The Morgan fingerprint density at radius 3 is 1.50 bits per heavy atom. The van der Waals surface area contributed by atoms with Crippen molar-refractivity contribution in [1.82, 2.24) is 10.6 Å². The maximum atomic E-state index is 11.8. The number of nitrogens with two attached hydrogens (primary N) is 2. The largest absolute Gasteiger partial charge is 0.370 e. The Kier molecular flexibility index (Phi) is 11.5. The van der Waals surface area contributed by atoms with Gasteiger partial charge in [-0.3, -0.25) is 0 Å².